The molecule has 0 amide bonds. The third-order valence-corrected chi connectivity index (χ3v) is 14.4. The first-order valence-electron chi connectivity index (χ1n) is 21.9. The van der Waals surface area contributed by atoms with Crippen LogP contribution in [0.1, 0.15) is 202 Å². The van der Waals surface area contributed by atoms with Gasteiger partial charge in [0.1, 0.15) is 6.10 Å². The predicted octanol–water partition coefficient (Wildman–Crippen LogP) is 14.6. The normalized spacial score (nSPS) is 31.7. The molecule has 0 radical (unpaired) electrons. The van der Waals surface area contributed by atoms with Crippen molar-refractivity contribution in [2.24, 2.45) is 46.3 Å². The van der Waals surface area contributed by atoms with E-state index in [-0.39, 0.29) is 6.10 Å². The van der Waals surface area contributed by atoms with E-state index < -0.39 is 6.16 Å². The molecule has 0 unspecified atom stereocenters. The van der Waals surface area contributed by atoms with Gasteiger partial charge in [-0.1, -0.05) is 142 Å². The van der Waals surface area contributed by atoms with Crippen molar-refractivity contribution in [3.63, 3.8) is 0 Å². The van der Waals surface area contributed by atoms with Crippen LogP contribution in [0.25, 0.3) is 0 Å². The Labute approximate surface area is 304 Å². The highest BCUT2D eigenvalue weighted by atomic mass is 16.7. The lowest BCUT2D eigenvalue weighted by Gasteiger charge is -2.58. The van der Waals surface area contributed by atoms with Crippen LogP contribution in [-0.4, -0.2) is 18.9 Å². The number of hydrogen-bond donors (Lipinski definition) is 0. The van der Waals surface area contributed by atoms with Gasteiger partial charge >= 0.3 is 6.16 Å². The van der Waals surface area contributed by atoms with Crippen molar-refractivity contribution in [3.8, 4) is 0 Å². The van der Waals surface area contributed by atoms with Gasteiger partial charge in [-0.15, -0.1) is 0 Å². The Morgan fingerprint density at radius 2 is 1.47 bits per heavy atom. The van der Waals surface area contributed by atoms with E-state index in [1.807, 2.05) is 0 Å². The summed E-state index contributed by atoms with van der Waals surface area (Å²) in [4.78, 5) is 12.6. The maximum absolute atomic E-state index is 12.6. The molecule has 4 aliphatic carbocycles. The molecule has 0 aromatic heterocycles. The minimum atomic E-state index is -0.441. The Balaban J connectivity index is 1.08. The molecular weight excluding hydrogens is 601 g/mol. The zero-order valence-electron chi connectivity index (χ0n) is 33.4. The Kier molecular flexibility index (Phi) is 17.1. The van der Waals surface area contributed by atoms with Gasteiger partial charge in [-0.25, -0.2) is 4.79 Å². The Hall–Kier alpha value is -1.25. The van der Waals surface area contributed by atoms with E-state index in [1.165, 1.54) is 128 Å². The largest absolute Gasteiger partial charge is 0.508 e. The highest BCUT2D eigenvalue weighted by Gasteiger charge is 2.59. The lowest BCUT2D eigenvalue weighted by molar-refractivity contribution is -0.0617. The molecule has 49 heavy (non-hydrogen) atoms. The van der Waals surface area contributed by atoms with Gasteiger partial charge < -0.3 is 9.47 Å². The summed E-state index contributed by atoms with van der Waals surface area (Å²) in [5.41, 5.74) is 2.42. The lowest BCUT2D eigenvalue weighted by Crippen LogP contribution is -2.51. The highest BCUT2D eigenvalue weighted by molar-refractivity contribution is 5.60. The second-order valence-electron chi connectivity index (χ2n) is 18.3. The third-order valence-electron chi connectivity index (χ3n) is 14.4. The summed E-state index contributed by atoms with van der Waals surface area (Å²) in [5, 5.41) is 0. The quantitative estimate of drug-likeness (QED) is 0.0648. The zero-order valence-corrected chi connectivity index (χ0v) is 33.4. The van der Waals surface area contributed by atoms with Gasteiger partial charge in [0.25, 0.3) is 0 Å². The molecule has 3 heteroatoms. The Morgan fingerprint density at radius 3 is 2.16 bits per heavy atom. The fraction of sp³-hybridized carbons (Fsp3) is 0.891. The molecule has 4 rings (SSSR count). The molecule has 3 fully saturated rings. The summed E-state index contributed by atoms with van der Waals surface area (Å²) in [5.74, 6) is 5.15. The number of rotatable bonds is 22. The summed E-state index contributed by atoms with van der Waals surface area (Å²) >= 11 is 0. The number of carbonyl (C=O) groups excluding carboxylic acids is 1. The average molecular weight is 681 g/mol. The number of fused-ring (bicyclic) bond motifs is 5. The van der Waals surface area contributed by atoms with Crippen molar-refractivity contribution in [1.82, 2.24) is 0 Å². The number of carbonyl (C=O) groups is 1. The summed E-state index contributed by atoms with van der Waals surface area (Å²) in [7, 11) is 0. The van der Waals surface area contributed by atoms with Crippen molar-refractivity contribution in [3.05, 3.63) is 23.8 Å². The average Bonchev–Trinajstić information content (AvgIpc) is 3.43. The maximum Gasteiger partial charge on any atom is 0.508 e. The topological polar surface area (TPSA) is 35.5 Å². The number of unbranched alkanes of at least 4 members (excludes halogenated alkanes) is 12. The SMILES string of the molecule is CCCCCCCC/C=C/CCCCCCCCOC(=O)O[C@H]1CC[C@@]2(C)C(=CC[C@@H]3[C@H]4CC[C@@H]([C@@H](C)CCCC(C)C)[C@]4(C)CC[C@H]32)C1. The van der Waals surface area contributed by atoms with E-state index in [4.69, 9.17) is 9.47 Å². The molecule has 0 spiro atoms. The van der Waals surface area contributed by atoms with Crippen LogP contribution in [0.2, 0.25) is 0 Å². The smallest absolute Gasteiger partial charge is 0.434 e. The van der Waals surface area contributed by atoms with Crippen LogP contribution in [0.5, 0.6) is 0 Å². The molecule has 4 aliphatic rings. The molecule has 0 aliphatic heterocycles. The van der Waals surface area contributed by atoms with E-state index in [2.05, 4.69) is 59.8 Å². The van der Waals surface area contributed by atoms with Gasteiger partial charge in [0, 0.05) is 6.42 Å². The molecule has 3 nitrogen and oxygen atoms in total. The molecule has 0 aromatic rings. The first kappa shape index (κ1) is 40.5. The molecular formula is C46H80O3. The molecule has 0 heterocycles. The summed E-state index contributed by atoms with van der Waals surface area (Å²) in [6, 6.07) is 0. The monoisotopic (exact) mass is 681 g/mol. The first-order valence-corrected chi connectivity index (χ1v) is 21.9. The molecule has 0 bridgehead atoms. The van der Waals surface area contributed by atoms with Crippen LogP contribution in [0.3, 0.4) is 0 Å². The van der Waals surface area contributed by atoms with E-state index in [0.29, 0.717) is 17.4 Å². The number of allylic oxidation sites excluding steroid dienone is 3. The first-order chi connectivity index (χ1) is 23.7. The van der Waals surface area contributed by atoms with Crippen molar-refractivity contribution >= 4 is 6.16 Å². The van der Waals surface area contributed by atoms with E-state index in [0.717, 1.165) is 67.6 Å². The fourth-order valence-corrected chi connectivity index (χ4v) is 11.4. The Morgan fingerprint density at radius 1 is 0.796 bits per heavy atom. The molecule has 0 saturated heterocycles. The van der Waals surface area contributed by atoms with Crippen molar-refractivity contribution < 1.29 is 14.3 Å². The van der Waals surface area contributed by atoms with Crippen LogP contribution >= 0.6 is 0 Å². The van der Waals surface area contributed by atoms with Crippen molar-refractivity contribution in [2.75, 3.05) is 6.61 Å². The van der Waals surface area contributed by atoms with Gasteiger partial charge in [0.15, 0.2) is 0 Å². The van der Waals surface area contributed by atoms with Crippen LogP contribution in [0.15, 0.2) is 23.8 Å². The maximum atomic E-state index is 12.6. The number of ether oxygens (including phenoxy) is 2. The predicted molar refractivity (Wildman–Crippen MR) is 209 cm³/mol. The molecule has 8 atom stereocenters. The fourth-order valence-electron chi connectivity index (χ4n) is 11.4. The lowest BCUT2D eigenvalue weighted by atomic mass is 9.47. The highest BCUT2D eigenvalue weighted by Crippen LogP contribution is 2.67. The van der Waals surface area contributed by atoms with Crippen LogP contribution < -0.4 is 0 Å². The van der Waals surface area contributed by atoms with E-state index in [1.54, 1.807) is 5.57 Å². The van der Waals surface area contributed by atoms with E-state index in [9.17, 15) is 4.79 Å². The minimum absolute atomic E-state index is 0.0142. The number of hydrogen-bond acceptors (Lipinski definition) is 3. The zero-order chi connectivity index (χ0) is 35.1. The molecule has 0 aromatic carbocycles. The summed E-state index contributed by atoms with van der Waals surface area (Å²) in [6.45, 7) is 15.4. The standard InChI is InChI=1S/C46H80O3/c1-7-8-9-10-11-12-13-14-15-16-17-18-19-20-21-22-34-48-44(47)49-39-30-32-45(5)38(35-39)26-27-40-42-29-28-41(37(4)25-23-24-36(2)3)46(42,6)33-31-43(40)45/h14-15,26,36-37,39-43H,7-13,16-25,27-35H2,1-6H3/b15-14+/t37-,39-,40+,41-,42+,43+,45-,46-/m0/s1. The van der Waals surface area contributed by atoms with Crippen molar-refractivity contribution in [1.29, 1.82) is 0 Å². The van der Waals surface area contributed by atoms with Crippen molar-refractivity contribution in [2.45, 2.75) is 208 Å². The molecule has 3 saturated carbocycles. The second kappa shape index (κ2) is 20.7. The summed E-state index contributed by atoms with van der Waals surface area (Å²) in [6.07, 6.45) is 39.2. The summed E-state index contributed by atoms with van der Waals surface area (Å²) < 4.78 is 11.5. The van der Waals surface area contributed by atoms with Gasteiger partial charge in [-0.2, -0.15) is 0 Å². The molecule has 0 N–H and O–H groups in total. The minimum Gasteiger partial charge on any atom is -0.434 e. The van der Waals surface area contributed by atoms with E-state index >= 15 is 0 Å². The van der Waals surface area contributed by atoms with Gasteiger partial charge in [0.05, 0.1) is 6.61 Å². The van der Waals surface area contributed by atoms with Gasteiger partial charge in [-0.05, 0) is 123 Å². The van der Waals surface area contributed by atoms with Gasteiger partial charge in [-0.3, -0.25) is 0 Å². The molecule has 282 valence electrons. The van der Waals surface area contributed by atoms with Gasteiger partial charge in [0.2, 0.25) is 0 Å². The third kappa shape index (κ3) is 11.6. The van der Waals surface area contributed by atoms with Crippen LogP contribution in [0.4, 0.5) is 4.79 Å². The Bertz CT molecular complexity index is 1010. The van der Waals surface area contributed by atoms with Crippen LogP contribution in [-0.2, 0) is 9.47 Å². The van der Waals surface area contributed by atoms with Crippen LogP contribution in [0, 0.1) is 46.3 Å². The second-order valence-corrected chi connectivity index (χ2v) is 18.3.